The lowest BCUT2D eigenvalue weighted by molar-refractivity contribution is -0.152. The third-order valence-corrected chi connectivity index (χ3v) is 4.16. The normalized spacial score (nSPS) is 11.7. The molecular formula is C21H25NO3. The number of ether oxygens (including phenoxy) is 1. The van der Waals surface area contributed by atoms with Gasteiger partial charge in [-0.25, -0.2) is 0 Å². The number of benzene rings is 2. The summed E-state index contributed by atoms with van der Waals surface area (Å²) >= 11 is 0. The second kappa shape index (κ2) is 8.47. The summed E-state index contributed by atoms with van der Waals surface area (Å²) in [6, 6.07) is 13.5. The van der Waals surface area contributed by atoms with Gasteiger partial charge in [0.1, 0.15) is 12.5 Å². The van der Waals surface area contributed by atoms with E-state index >= 15 is 0 Å². The van der Waals surface area contributed by atoms with Gasteiger partial charge in [-0.3, -0.25) is 9.59 Å². The molecule has 2 aromatic carbocycles. The standard InChI is InChI=1S/C21H25NO3/c1-5-18(21(24)25-13-17-9-7-6-8-10-17)20(23)22-19-15(3)11-14(2)12-16(19)4/h6-12,18H,5,13H2,1-4H3,(H,22,23). The Morgan fingerprint density at radius 1 is 1.04 bits per heavy atom. The van der Waals surface area contributed by atoms with Crippen molar-refractivity contribution in [3.05, 3.63) is 64.7 Å². The van der Waals surface area contributed by atoms with Crippen molar-refractivity contribution >= 4 is 17.6 Å². The van der Waals surface area contributed by atoms with Gasteiger partial charge in [0.2, 0.25) is 5.91 Å². The number of rotatable bonds is 6. The van der Waals surface area contributed by atoms with Gasteiger partial charge in [0.25, 0.3) is 0 Å². The number of carbonyl (C=O) groups excluding carboxylic acids is 2. The van der Waals surface area contributed by atoms with Gasteiger partial charge in [0.05, 0.1) is 0 Å². The van der Waals surface area contributed by atoms with Crippen LogP contribution < -0.4 is 5.32 Å². The van der Waals surface area contributed by atoms with E-state index < -0.39 is 11.9 Å². The molecule has 1 N–H and O–H groups in total. The monoisotopic (exact) mass is 339 g/mol. The summed E-state index contributed by atoms with van der Waals surface area (Å²) in [5.74, 6) is -1.63. The van der Waals surface area contributed by atoms with Crippen LogP contribution >= 0.6 is 0 Å². The molecular weight excluding hydrogens is 314 g/mol. The minimum atomic E-state index is -0.816. The molecule has 0 saturated heterocycles. The number of hydrogen-bond donors (Lipinski definition) is 1. The van der Waals surface area contributed by atoms with Crippen LogP contribution in [0.3, 0.4) is 0 Å². The topological polar surface area (TPSA) is 55.4 Å². The van der Waals surface area contributed by atoms with Gasteiger partial charge in [-0.1, -0.05) is 55.0 Å². The molecule has 0 bridgehead atoms. The van der Waals surface area contributed by atoms with Gasteiger partial charge in [-0.05, 0) is 43.9 Å². The van der Waals surface area contributed by atoms with Gasteiger partial charge >= 0.3 is 5.97 Å². The fraction of sp³-hybridized carbons (Fsp3) is 0.333. The molecule has 0 saturated carbocycles. The van der Waals surface area contributed by atoms with E-state index in [2.05, 4.69) is 5.32 Å². The Bertz CT molecular complexity index is 730. The minimum absolute atomic E-state index is 0.173. The van der Waals surface area contributed by atoms with E-state index in [0.717, 1.165) is 27.9 Å². The highest BCUT2D eigenvalue weighted by Gasteiger charge is 2.27. The fourth-order valence-corrected chi connectivity index (χ4v) is 2.88. The summed E-state index contributed by atoms with van der Waals surface area (Å²) in [6.07, 6.45) is 0.392. The quantitative estimate of drug-likeness (QED) is 0.630. The molecule has 0 aliphatic rings. The van der Waals surface area contributed by atoms with E-state index in [1.807, 2.05) is 70.2 Å². The van der Waals surface area contributed by atoms with E-state index in [4.69, 9.17) is 4.74 Å². The third-order valence-electron chi connectivity index (χ3n) is 4.16. The summed E-state index contributed by atoms with van der Waals surface area (Å²) in [6.45, 7) is 7.89. The Labute approximate surface area is 149 Å². The first kappa shape index (κ1) is 18.7. The molecule has 1 unspecified atom stereocenters. The Kier molecular flexibility index (Phi) is 6.34. The van der Waals surface area contributed by atoms with Crippen LogP contribution in [-0.2, 0) is 20.9 Å². The van der Waals surface area contributed by atoms with E-state index in [1.54, 1.807) is 0 Å². The summed E-state index contributed by atoms with van der Waals surface area (Å²) in [4.78, 5) is 24.9. The van der Waals surface area contributed by atoms with Crippen LogP contribution in [0.4, 0.5) is 5.69 Å². The molecule has 0 aliphatic heterocycles. The lowest BCUT2D eigenvalue weighted by Gasteiger charge is -2.17. The Morgan fingerprint density at radius 2 is 1.64 bits per heavy atom. The Morgan fingerprint density at radius 3 is 2.20 bits per heavy atom. The summed E-state index contributed by atoms with van der Waals surface area (Å²) in [5.41, 5.74) is 4.78. The second-order valence-electron chi connectivity index (χ2n) is 6.32. The zero-order valence-corrected chi connectivity index (χ0v) is 15.3. The van der Waals surface area contributed by atoms with Gasteiger partial charge in [0.15, 0.2) is 0 Å². The number of esters is 1. The van der Waals surface area contributed by atoms with Gasteiger partial charge in [-0.15, -0.1) is 0 Å². The molecule has 1 atom stereocenters. The van der Waals surface area contributed by atoms with Crippen molar-refractivity contribution in [3.63, 3.8) is 0 Å². The van der Waals surface area contributed by atoms with E-state index in [9.17, 15) is 9.59 Å². The molecule has 0 aliphatic carbocycles. The summed E-state index contributed by atoms with van der Waals surface area (Å²) in [7, 11) is 0. The van der Waals surface area contributed by atoms with Crippen LogP contribution in [-0.4, -0.2) is 11.9 Å². The molecule has 0 heterocycles. The van der Waals surface area contributed by atoms with Crippen molar-refractivity contribution in [3.8, 4) is 0 Å². The predicted molar refractivity (Wildman–Crippen MR) is 99.3 cm³/mol. The molecule has 2 aromatic rings. The van der Waals surface area contributed by atoms with Crippen molar-refractivity contribution < 1.29 is 14.3 Å². The predicted octanol–water partition coefficient (Wildman–Crippen LogP) is 4.32. The largest absolute Gasteiger partial charge is 0.460 e. The molecule has 25 heavy (non-hydrogen) atoms. The van der Waals surface area contributed by atoms with Crippen LogP contribution in [0.15, 0.2) is 42.5 Å². The maximum atomic E-state index is 12.6. The van der Waals surface area contributed by atoms with E-state index in [0.29, 0.717) is 6.42 Å². The van der Waals surface area contributed by atoms with Gasteiger partial charge < -0.3 is 10.1 Å². The Balaban J connectivity index is 2.04. The van der Waals surface area contributed by atoms with Gasteiger partial charge in [-0.2, -0.15) is 0 Å². The molecule has 132 valence electrons. The molecule has 0 aromatic heterocycles. The number of hydrogen-bond acceptors (Lipinski definition) is 3. The first-order valence-corrected chi connectivity index (χ1v) is 8.51. The zero-order chi connectivity index (χ0) is 18.4. The van der Waals surface area contributed by atoms with Crippen molar-refractivity contribution in [1.82, 2.24) is 0 Å². The average molecular weight is 339 g/mol. The molecule has 0 fully saturated rings. The molecule has 4 nitrogen and oxygen atoms in total. The highest BCUT2D eigenvalue weighted by molar-refractivity contribution is 6.05. The third kappa shape index (κ3) is 4.92. The van der Waals surface area contributed by atoms with Gasteiger partial charge in [0, 0.05) is 5.69 Å². The van der Waals surface area contributed by atoms with Crippen molar-refractivity contribution in [2.45, 2.75) is 40.7 Å². The van der Waals surface area contributed by atoms with Crippen molar-refractivity contribution in [2.75, 3.05) is 5.32 Å². The molecule has 2 rings (SSSR count). The maximum absolute atomic E-state index is 12.6. The lowest BCUT2D eigenvalue weighted by atomic mass is 10.0. The molecule has 0 spiro atoms. The van der Waals surface area contributed by atoms with Crippen LogP contribution in [0, 0.1) is 26.7 Å². The number of amides is 1. The van der Waals surface area contributed by atoms with E-state index in [-0.39, 0.29) is 12.5 Å². The van der Waals surface area contributed by atoms with Crippen LogP contribution in [0.2, 0.25) is 0 Å². The second-order valence-corrected chi connectivity index (χ2v) is 6.32. The van der Waals surface area contributed by atoms with E-state index in [1.165, 1.54) is 0 Å². The number of carbonyl (C=O) groups is 2. The molecule has 0 radical (unpaired) electrons. The van der Waals surface area contributed by atoms with Crippen LogP contribution in [0.1, 0.15) is 35.6 Å². The van der Waals surface area contributed by atoms with Crippen molar-refractivity contribution in [1.29, 1.82) is 0 Å². The minimum Gasteiger partial charge on any atom is -0.460 e. The molecule has 4 heteroatoms. The lowest BCUT2D eigenvalue weighted by Crippen LogP contribution is -2.31. The smallest absolute Gasteiger partial charge is 0.318 e. The number of anilines is 1. The van der Waals surface area contributed by atoms with Crippen LogP contribution in [0.5, 0.6) is 0 Å². The fourth-order valence-electron chi connectivity index (χ4n) is 2.88. The average Bonchev–Trinajstić information content (AvgIpc) is 2.58. The Hall–Kier alpha value is -2.62. The van der Waals surface area contributed by atoms with Crippen LogP contribution in [0.25, 0.3) is 0 Å². The zero-order valence-electron chi connectivity index (χ0n) is 15.3. The van der Waals surface area contributed by atoms with Crippen molar-refractivity contribution in [2.24, 2.45) is 5.92 Å². The first-order chi connectivity index (χ1) is 11.9. The molecule has 1 amide bonds. The number of nitrogens with one attached hydrogen (secondary N) is 1. The highest BCUT2D eigenvalue weighted by atomic mass is 16.5. The first-order valence-electron chi connectivity index (χ1n) is 8.51. The maximum Gasteiger partial charge on any atom is 0.318 e. The number of aryl methyl sites for hydroxylation is 3. The SMILES string of the molecule is CCC(C(=O)Nc1c(C)cc(C)cc1C)C(=O)OCc1ccccc1. The summed E-state index contributed by atoms with van der Waals surface area (Å²) in [5, 5.41) is 2.90. The summed E-state index contributed by atoms with van der Waals surface area (Å²) < 4.78 is 5.32. The highest BCUT2D eigenvalue weighted by Crippen LogP contribution is 2.23.